The molecular weight excluding hydrogens is 224 g/mol. The van der Waals surface area contributed by atoms with Gasteiger partial charge in [0, 0.05) is 0 Å². The Morgan fingerprint density at radius 3 is 2.53 bits per heavy atom. The minimum absolute atomic E-state index is 0.369. The maximum absolute atomic E-state index is 11.0. The second-order valence-electron chi connectivity index (χ2n) is 4.60. The number of carboxylic acid groups (broad SMARTS) is 1. The molecule has 92 valence electrons. The summed E-state index contributed by atoms with van der Waals surface area (Å²) in [4.78, 5) is 11.0. The topological polar surface area (TPSA) is 87.0 Å². The first-order chi connectivity index (χ1) is 7.79. The SMILES string of the molecule is CC1(C)OC(O)(C(=O)O)C(O)c2ccccc21. The van der Waals surface area contributed by atoms with Crippen LogP contribution in [0.15, 0.2) is 24.3 Å². The Morgan fingerprint density at radius 1 is 1.35 bits per heavy atom. The van der Waals surface area contributed by atoms with Crippen LogP contribution in [-0.2, 0) is 15.1 Å². The first-order valence-corrected chi connectivity index (χ1v) is 5.22. The average molecular weight is 238 g/mol. The molecule has 1 aliphatic heterocycles. The molecule has 5 nitrogen and oxygen atoms in total. The normalized spacial score (nSPS) is 30.7. The lowest BCUT2D eigenvalue weighted by atomic mass is 9.84. The lowest BCUT2D eigenvalue weighted by molar-refractivity contribution is -0.306. The molecule has 1 heterocycles. The number of hydrogen-bond acceptors (Lipinski definition) is 4. The number of carboxylic acids is 1. The van der Waals surface area contributed by atoms with Crippen LogP contribution in [0.25, 0.3) is 0 Å². The van der Waals surface area contributed by atoms with Gasteiger partial charge in [0.15, 0.2) is 0 Å². The molecule has 0 aliphatic carbocycles. The molecule has 1 aliphatic rings. The Bertz CT molecular complexity index is 468. The molecule has 2 rings (SSSR count). The standard InChI is InChI=1S/C12H14O5/c1-11(2)8-6-4-3-5-7(8)9(13)12(16,17-11)10(14)15/h3-6,9,13,16H,1-2H3,(H,14,15). The smallest absolute Gasteiger partial charge is 0.367 e. The number of fused-ring (bicyclic) bond motifs is 1. The molecule has 0 fully saturated rings. The van der Waals surface area contributed by atoms with E-state index in [2.05, 4.69) is 0 Å². The Balaban J connectivity index is 2.63. The van der Waals surface area contributed by atoms with Gasteiger partial charge in [0.1, 0.15) is 6.10 Å². The zero-order chi connectivity index (χ0) is 12.8. The minimum atomic E-state index is -2.61. The van der Waals surface area contributed by atoms with E-state index in [0.717, 1.165) is 0 Å². The number of aliphatic carboxylic acids is 1. The van der Waals surface area contributed by atoms with Crippen molar-refractivity contribution in [3.05, 3.63) is 35.4 Å². The van der Waals surface area contributed by atoms with Crippen LogP contribution in [0.2, 0.25) is 0 Å². The molecular formula is C12H14O5. The van der Waals surface area contributed by atoms with E-state index in [0.29, 0.717) is 11.1 Å². The summed E-state index contributed by atoms with van der Waals surface area (Å²) in [5.74, 6) is -4.22. The van der Waals surface area contributed by atoms with Gasteiger partial charge >= 0.3 is 5.97 Å². The van der Waals surface area contributed by atoms with E-state index < -0.39 is 23.5 Å². The molecule has 2 unspecified atom stereocenters. The van der Waals surface area contributed by atoms with Crippen LogP contribution in [0, 0.1) is 0 Å². The summed E-state index contributed by atoms with van der Waals surface area (Å²) < 4.78 is 5.17. The van der Waals surface area contributed by atoms with Crippen LogP contribution in [0.5, 0.6) is 0 Å². The van der Waals surface area contributed by atoms with Crippen molar-refractivity contribution in [2.75, 3.05) is 0 Å². The van der Waals surface area contributed by atoms with E-state index in [1.807, 2.05) is 0 Å². The summed E-state index contributed by atoms with van der Waals surface area (Å²) in [5, 5.41) is 28.8. The highest BCUT2D eigenvalue weighted by atomic mass is 16.7. The van der Waals surface area contributed by atoms with Crippen LogP contribution >= 0.6 is 0 Å². The molecule has 0 aromatic heterocycles. The maximum atomic E-state index is 11.0. The molecule has 5 heteroatoms. The Hall–Kier alpha value is -1.43. The number of carbonyl (C=O) groups is 1. The van der Waals surface area contributed by atoms with E-state index in [1.165, 1.54) is 0 Å². The minimum Gasteiger partial charge on any atom is -0.477 e. The molecule has 0 bridgehead atoms. The van der Waals surface area contributed by atoms with E-state index in [-0.39, 0.29) is 0 Å². The Kier molecular flexibility index (Phi) is 2.50. The molecule has 3 N–H and O–H groups in total. The van der Waals surface area contributed by atoms with E-state index in [1.54, 1.807) is 38.1 Å². The highest BCUT2D eigenvalue weighted by Gasteiger charge is 2.54. The van der Waals surface area contributed by atoms with Crippen LogP contribution in [-0.4, -0.2) is 27.1 Å². The second kappa shape index (κ2) is 3.53. The number of hydrogen-bond donors (Lipinski definition) is 3. The van der Waals surface area contributed by atoms with E-state index in [9.17, 15) is 15.0 Å². The van der Waals surface area contributed by atoms with Crippen molar-refractivity contribution in [3.8, 4) is 0 Å². The van der Waals surface area contributed by atoms with Gasteiger partial charge in [-0.1, -0.05) is 24.3 Å². The fraction of sp³-hybridized carbons (Fsp3) is 0.417. The Labute approximate surface area is 98.3 Å². The maximum Gasteiger partial charge on any atom is 0.367 e. The first kappa shape index (κ1) is 12.0. The van der Waals surface area contributed by atoms with Crippen molar-refractivity contribution in [2.45, 2.75) is 31.3 Å². The summed E-state index contributed by atoms with van der Waals surface area (Å²) in [7, 11) is 0. The molecule has 1 aromatic carbocycles. The van der Waals surface area contributed by atoms with Crippen LogP contribution in [0.1, 0.15) is 31.1 Å². The zero-order valence-corrected chi connectivity index (χ0v) is 9.54. The first-order valence-electron chi connectivity index (χ1n) is 5.22. The molecule has 0 saturated heterocycles. The van der Waals surface area contributed by atoms with Crippen molar-refractivity contribution in [1.29, 1.82) is 0 Å². The third-order valence-corrected chi connectivity index (χ3v) is 2.99. The fourth-order valence-electron chi connectivity index (χ4n) is 2.15. The quantitative estimate of drug-likeness (QED) is 0.672. The van der Waals surface area contributed by atoms with Gasteiger partial charge in [0.05, 0.1) is 5.60 Å². The van der Waals surface area contributed by atoms with Crippen molar-refractivity contribution >= 4 is 5.97 Å². The molecule has 0 radical (unpaired) electrons. The van der Waals surface area contributed by atoms with Gasteiger partial charge in [-0.3, -0.25) is 0 Å². The van der Waals surface area contributed by atoms with Crippen LogP contribution in [0.4, 0.5) is 0 Å². The van der Waals surface area contributed by atoms with E-state index >= 15 is 0 Å². The summed E-state index contributed by atoms with van der Waals surface area (Å²) in [6.07, 6.45) is -1.61. The number of ether oxygens (including phenoxy) is 1. The number of rotatable bonds is 1. The van der Waals surface area contributed by atoms with Crippen molar-refractivity contribution in [2.24, 2.45) is 0 Å². The monoisotopic (exact) mass is 238 g/mol. The predicted molar refractivity (Wildman–Crippen MR) is 58.1 cm³/mol. The third kappa shape index (κ3) is 1.63. The molecule has 0 saturated carbocycles. The lowest BCUT2D eigenvalue weighted by Gasteiger charge is -2.43. The van der Waals surface area contributed by atoms with Gasteiger partial charge in [-0.15, -0.1) is 0 Å². The van der Waals surface area contributed by atoms with Crippen LogP contribution in [0.3, 0.4) is 0 Å². The van der Waals surface area contributed by atoms with Crippen molar-refractivity contribution < 1.29 is 24.9 Å². The summed E-state index contributed by atoms with van der Waals surface area (Å²) in [5.41, 5.74) is 0.0512. The van der Waals surface area contributed by atoms with E-state index in [4.69, 9.17) is 9.84 Å². The molecule has 1 aromatic rings. The van der Waals surface area contributed by atoms with Crippen molar-refractivity contribution in [3.63, 3.8) is 0 Å². The molecule has 17 heavy (non-hydrogen) atoms. The molecule has 2 atom stereocenters. The summed E-state index contributed by atoms with van der Waals surface area (Å²) in [6, 6.07) is 6.76. The average Bonchev–Trinajstić information content (AvgIpc) is 2.25. The predicted octanol–water partition coefficient (Wildman–Crippen LogP) is 0.759. The van der Waals surface area contributed by atoms with Gasteiger partial charge in [-0.25, -0.2) is 4.79 Å². The van der Waals surface area contributed by atoms with Gasteiger partial charge in [-0.2, -0.15) is 0 Å². The highest BCUT2D eigenvalue weighted by Crippen LogP contribution is 2.44. The highest BCUT2D eigenvalue weighted by molar-refractivity contribution is 5.77. The third-order valence-electron chi connectivity index (χ3n) is 2.99. The summed E-state index contributed by atoms with van der Waals surface area (Å²) in [6.45, 7) is 3.29. The molecule has 0 amide bonds. The van der Waals surface area contributed by atoms with Gasteiger partial charge in [-0.05, 0) is 25.0 Å². The Morgan fingerprint density at radius 2 is 1.94 bits per heavy atom. The van der Waals surface area contributed by atoms with Crippen LogP contribution < -0.4 is 0 Å². The fourth-order valence-corrected chi connectivity index (χ4v) is 2.15. The van der Waals surface area contributed by atoms with Crippen molar-refractivity contribution in [1.82, 2.24) is 0 Å². The number of aliphatic hydroxyl groups is 2. The largest absolute Gasteiger partial charge is 0.477 e. The number of benzene rings is 1. The lowest BCUT2D eigenvalue weighted by Crippen LogP contribution is -2.54. The summed E-state index contributed by atoms with van der Waals surface area (Å²) >= 11 is 0. The molecule has 0 spiro atoms. The van der Waals surface area contributed by atoms with Gasteiger partial charge in [0.2, 0.25) is 0 Å². The second-order valence-corrected chi connectivity index (χ2v) is 4.60. The van der Waals surface area contributed by atoms with Gasteiger partial charge < -0.3 is 20.1 Å². The zero-order valence-electron chi connectivity index (χ0n) is 9.54. The number of aliphatic hydroxyl groups excluding tert-OH is 1. The van der Waals surface area contributed by atoms with Gasteiger partial charge in [0.25, 0.3) is 5.79 Å².